The lowest BCUT2D eigenvalue weighted by Crippen LogP contribution is -2.06. The zero-order chi connectivity index (χ0) is 11.7. The molecule has 0 aliphatic heterocycles. The van der Waals surface area contributed by atoms with Gasteiger partial charge in [-0.15, -0.1) is 0 Å². The third kappa shape index (κ3) is 1.99. The molecule has 1 heterocycles. The molecule has 0 amide bonds. The van der Waals surface area contributed by atoms with Crippen LogP contribution in [0.25, 0.3) is 5.69 Å². The molecule has 0 unspecified atom stereocenters. The SMILES string of the molecule is CCc1nc(=O)[nH]n1-c1ccc(Cl)cc1Cl. The molecule has 2 rings (SSSR count). The van der Waals surface area contributed by atoms with Crippen molar-refractivity contribution in [1.82, 2.24) is 14.8 Å². The van der Waals surface area contributed by atoms with Crippen LogP contribution in [0.3, 0.4) is 0 Å². The van der Waals surface area contributed by atoms with E-state index >= 15 is 0 Å². The Morgan fingerprint density at radius 2 is 2.19 bits per heavy atom. The van der Waals surface area contributed by atoms with E-state index in [1.807, 2.05) is 6.92 Å². The van der Waals surface area contributed by atoms with Crippen molar-refractivity contribution in [2.45, 2.75) is 13.3 Å². The highest BCUT2D eigenvalue weighted by molar-refractivity contribution is 6.35. The molecule has 1 aromatic carbocycles. The van der Waals surface area contributed by atoms with Crippen molar-refractivity contribution >= 4 is 23.2 Å². The molecule has 16 heavy (non-hydrogen) atoms. The molecular weight excluding hydrogens is 249 g/mol. The first kappa shape index (κ1) is 11.2. The summed E-state index contributed by atoms with van der Waals surface area (Å²) in [4.78, 5) is 15.0. The minimum atomic E-state index is -0.386. The molecule has 6 heteroatoms. The molecule has 0 saturated heterocycles. The van der Waals surface area contributed by atoms with Gasteiger partial charge in [-0.25, -0.2) is 14.6 Å². The van der Waals surface area contributed by atoms with Crippen molar-refractivity contribution in [3.63, 3.8) is 0 Å². The van der Waals surface area contributed by atoms with Crippen LogP contribution in [0.15, 0.2) is 23.0 Å². The number of H-pyrrole nitrogens is 1. The molecule has 0 spiro atoms. The van der Waals surface area contributed by atoms with Gasteiger partial charge in [0.2, 0.25) is 0 Å². The zero-order valence-corrected chi connectivity index (χ0v) is 10.0. The molecule has 4 nitrogen and oxygen atoms in total. The van der Waals surface area contributed by atoms with E-state index in [0.717, 1.165) is 0 Å². The second-order valence-corrected chi connectivity index (χ2v) is 4.07. The van der Waals surface area contributed by atoms with Gasteiger partial charge in [-0.2, -0.15) is 4.98 Å². The standard InChI is InChI=1S/C10H9Cl2N3O/c1-2-9-13-10(16)14-15(9)8-4-3-6(11)5-7(8)12/h3-5H,2H2,1H3,(H,14,16). The van der Waals surface area contributed by atoms with E-state index in [1.54, 1.807) is 22.9 Å². The number of hydrogen-bond acceptors (Lipinski definition) is 2. The lowest BCUT2D eigenvalue weighted by Gasteiger charge is -2.07. The maximum absolute atomic E-state index is 11.2. The largest absolute Gasteiger partial charge is 0.361 e. The van der Waals surface area contributed by atoms with Crippen molar-refractivity contribution < 1.29 is 0 Å². The number of rotatable bonds is 2. The van der Waals surface area contributed by atoms with Gasteiger partial charge in [-0.3, -0.25) is 0 Å². The monoisotopic (exact) mass is 257 g/mol. The van der Waals surface area contributed by atoms with Crippen LogP contribution in [0.2, 0.25) is 10.0 Å². The number of aryl methyl sites for hydroxylation is 1. The summed E-state index contributed by atoms with van der Waals surface area (Å²) in [6.07, 6.45) is 0.637. The van der Waals surface area contributed by atoms with Crippen LogP contribution >= 0.6 is 23.2 Å². The van der Waals surface area contributed by atoms with E-state index in [4.69, 9.17) is 23.2 Å². The minimum Gasteiger partial charge on any atom is -0.244 e. The van der Waals surface area contributed by atoms with Crippen molar-refractivity contribution in [3.8, 4) is 5.69 Å². The van der Waals surface area contributed by atoms with Gasteiger partial charge in [0, 0.05) is 11.4 Å². The maximum atomic E-state index is 11.2. The van der Waals surface area contributed by atoms with Crippen molar-refractivity contribution in [1.29, 1.82) is 0 Å². The van der Waals surface area contributed by atoms with Crippen LogP contribution in [-0.4, -0.2) is 14.8 Å². The Kier molecular flexibility index (Phi) is 3.03. The Labute approximate surface area is 102 Å². The Morgan fingerprint density at radius 3 is 2.81 bits per heavy atom. The number of nitrogens with zero attached hydrogens (tertiary/aromatic N) is 2. The highest BCUT2D eigenvalue weighted by Crippen LogP contribution is 2.24. The highest BCUT2D eigenvalue weighted by atomic mass is 35.5. The summed E-state index contributed by atoms with van der Waals surface area (Å²) in [7, 11) is 0. The van der Waals surface area contributed by atoms with Gasteiger partial charge in [0.05, 0.1) is 10.7 Å². The lowest BCUT2D eigenvalue weighted by molar-refractivity contribution is 0.797. The topological polar surface area (TPSA) is 50.7 Å². The van der Waals surface area contributed by atoms with Gasteiger partial charge in [0.1, 0.15) is 5.82 Å². The van der Waals surface area contributed by atoms with Crippen LogP contribution in [0, 0.1) is 0 Å². The molecule has 0 saturated carbocycles. The summed E-state index contributed by atoms with van der Waals surface area (Å²) in [6.45, 7) is 1.91. The van der Waals surface area contributed by atoms with Crippen molar-refractivity contribution in [2.24, 2.45) is 0 Å². The smallest absolute Gasteiger partial charge is 0.244 e. The number of aromatic nitrogens is 3. The fourth-order valence-corrected chi connectivity index (χ4v) is 1.94. The van der Waals surface area contributed by atoms with Gasteiger partial charge >= 0.3 is 5.69 Å². The second kappa shape index (κ2) is 4.31. The average Bonchev–Trinajstić information content (AvgIpc) is 2.59. The van der Waals surface area contributed by atoms with E-state index in [2.05, 4.69) is 10.1 Å². The molecule has 1 N–H and O–H groups in total. The van der Waals surface area contributed by atoms with Gasteiger partial charge in [-0.1, -0.05) is 30.1 Å². The maximum Gasteiger partial charge on any atom is 0.361 e. The molecule has 0 atom stereocenters. The van der Waals surface area contributed by atoms with Gasteiger partial charge in [0.15, 0.2) is 0 Å². The van der Waals surface area contributed by atoms with Crippen LogP contribution in [0.4, 0.5) is 0 Å². The van der Waals surface area contributed by atoms with Crippen LogP contribution in [0.1, 0.15) is 12.7 Å². The van der Waals surface area contributed by atoms with E-state index in [9.17, 15) is 4.79 Å². The first-order valence-corrected chi connectivity index (χ1v) is 5.50. The first-order chi connectivity index (χ1) is 7.61. The Hall–Kier alpha value is -1.26. The predicted molar refractivity (Wildman–Crippen MR) is 63.6 cm³/mol. The van der Waals surface area contributed by atoms with E-state index < -0.39 is 0 Å². The number of hydrogen-bond donors (Lipinski definition) is 1. The van der Waals surface area contributed by atoms with Crippen molar-refractivity contribution in [2.75, 3.05) is 0 Å². The summed E-state index contributed by atoms with van der Waals surface area (Å²) in [6, 6.07) is 5.07. The number of benzene rings is 1. The highest BCUT2D eigenvalue weighted by Gasteiger charge is 2.09. The summed E-state index contributed by atoms with van der Waals surface area (Å²) < 4.78 is 1.57. The summed E-state index contributed by atoms with van der Waals surface area (Å²) >= 11 is 11.8. The summed E-state index contributed by atoms with van der Waals surface area (Å²) in [5, 5.41) is 3.61. The Morgan fingerprint density at radius 1 is 1.44 bits per heavy atom. The van der Waals surface area contributed by atoms with Crippen LogP contribution < -0.4 is 5.69 Å². The molecule has 2 aromatic rings. The third-order valence-corrected chi connectivity index (χ3v) is 2.70. The molecule has 0 radical (unpaired) electrons. The summed E-state index contributed by atoms with van der Waals surface area (Å²) in [5.74, 6) is 0.634. The van der Waals surface area contributed by atoms with Crippen LogP contribution in [-0.2, 0) is 6.42 Å². The fourth-order valence-electron chi connectivity index (χ4n) is 1.45. The molecule has 0 aliphatic rings. The van der Waals surface area contributed by atoms with E-state index in [0.29, 0.717) is 28.0 Å². The molecule has 84 valence electrons. The first-order valence-electron chi connectivity index (χ1n) is 4.75. The number of nitrogens with one attached hydrogen (secondary N) is 1. The number of halogens is 2. The molecule has 0 aliphatic carbocycles. The minimum absolute atomic E-state index is 0.386. The van der Waals surface area contributed by atoms with Gasteiger partial charge in [0.25, 0.3) is 0 Å². The molecule has 0 bridgehead atoms. The third-order valence-electron chi connectivity index (χ3n) is 2.16. The Balaban J connectivity index is 2.62. The van der Waals surface area contributed by atoms with Crippen LogP contribution in [0.5, 0.6) is 0 Å². The molecular formula is C10H9Cl2N3O. The van der Waals surface area contributed by atoms with E-state index in [-0.39, 0.29) is 5.69 Å². The quantitative estimate of drug-likeness (QED) is 0.899. The fraction of sp³-hybridized carbons (Fsp3) is 0.200. The summed E-state index contributed by atoms with van der Waals surface area (Å²) in [5.41, 5.74) is 0.278. The zero-order valence-electron chi connectivity index (χ0n) is 8.50. The van der Waals surface area contributed by atoms with Gasteiger partial charge < -0.3 is 0 Å². The Bertz CT molecular complexity index is 574. The molecule has 1 aromatic heterocycles. The molecule has 0 fully saturated rings. The normalized spacial score (nSPS) is 10.7. The van der Waals surface area contributed by atoms with Gasteiger partial charge in [-0.05, 0) is 18.2 Å². The second-order valence-electron chi connectivity index (χ2n) is 3.23. The lowest BCUT2D eigenvalue weighted by atomic mass is 10.3. The van der Waals surface area contributed by atoms with E-state index in [1.165, 1.54) is 0 Å². The predicted octanol–water partition coefficient (Wildman–Crippen LogP) is 2.43. The van der Waals surface area contributed by atoms with Crippen molar-refractivity contribution in [3.05, 3.63) is 44.6 Å². The number of aromatic amines is 1. The average molecular weight is 258 g/mol.